The Bertz CT molecular complexity index is 926. The van der Waals surface area contributed by atoms with Gasteiger partial charge in [0.25, 0.3) is 5.91 Å². The summed E-state index contributed by atoms with van der Waals surface area (Å²) in [5.74, 6) is -1.33. The first-order chi connectivity index (χ1) is 12.3. The van der Waals surface area contributed by atoms with Gasteiger partial charge in [0.15, 0.2) is 0 Å². The highest BCUT2D eigenvalue weighted by molar-refractivity contribution is 7.89. The first-order valence-electron chi connectivity index (χ1n) is 8.15. The summed E-state index contributed by atoms with van der Waals surface area (Å²) in [5.41, 5.74) is 6.37. The van der Waals surface area contributed by atoms with Gasteiger partial charge in [-0.1, -0.05) is 0 Å². The summed E-state index contributed by atoms with van der Waals surface area (Å²) in [6.45, 7) is 0.480. The number of nitrogens with zero attached hydrogens (tertiary/aromatic N) is 1. The van der Waals surface area contributed by atoms with Gasteiger partial charge in [-0.2, -0.15) is 4.31 Å². The molecule has 1 aromatic carbocycles. The molecule has 1 atom stereocenters. The fourth-order valence-electron chi connectivity index (χ4n) is 3.32. The number of carbonyl (C=O) groups excluding carboxylic acids is 1. The Morgan fingerprint density at radius 1 is 1.38 bits per heavy atom. The number of hydrogen-bond donors (Lipinski definition) is 2. The van der Waals surface area contributed by atoms with Crippen molar-refractivity contribution < 1.29 is 22.3 Å². The van der Waals surface area contributed by atoms with Gasteiger partial charge in [-0.3, -0.25) is 4.79 Å². The predicted molar refractivity (Wildman–Crippen MR) is 93.0 cm³/mol. The molecule has 26 heavy (non-hydrogen) atoms. The van der Waals surface area contributed by atoms with Gasteiger partial charge in [0, 0.05) is 30.9 Å². The normalized spacial score (nSPS) is 18.6. The molecule has 0 aliphatic carbocycles. The molecule has 0 bridgehead atoms. The second kappa shape index (κ2) is 7.08. The number of nitrogens with two attached hydrogens (primary N) is 1. The van der Waals surface area contributed by atoms with Gasteiger partial charge in [0.05, 0.1) is 12.7 Å². The van der Waals surface area contributed by atoms with E-state index in [-0.39, 0.29) is 23.1 Å². The van der Waals surface area contributed by atoms with Gasteiger partial charge in [0.2, 0.25) is 10.0 Å². The molecule has 1 saturated heterocycles. The molecule has 3 N–H and O–H groups in total. The van der Waals surface area contributed by atoms with Crippen LogP contribution < -0.4 is 10.5 Å². The van der Waals surface area contributed by atoms with Crippen molar-refractivity contribution in [3.05, 3.63) is 47.5 Å². The highest BCUT2D eigenvalue weighted by Crippen LogP contribution is 2.34. The Balaban J connectivity index is 1.93. The third-order valence-corrected chi connectivity index (χ3v) is 6.47. The maximum absolute atomic E-state index is 13.6. The van der Waals surface area contributed by atoms with Crippen LogP contribution in [0.15, 0.2) is 35.4 Å². The molecular weight excluding hydrogens is 361 g/mol. The lowest BCUT2D eigenvalue weighted by molar-refractivity contribution is 0.0998. The first kappa shape index (κ1) is 18.4. The molecule has 1 unspecified atom stereocenters. The Hall–Kier alpha value is -2.39. The maximum Gasteiger partial charge on any atom is 0.250 e. The van der Waals surface area contributed by atoms with Crippen molar-refractivity contribution in [3.8, 4) is 5.75 Å². The van der Waals surface area contributed by atoms with E-state index in [9.17, 15) is 17.6 Å². The van der Waals surface area contributed by atoms with E-state index in [2.05, 4.69) is 4.98 Å². The third kappa shape index (κ3) is 3.32. The summed E-state index contributed by atoms with van der Waals surface area (Å²) in [5, 5.41) is 0. The molecule has 0 saturated carbocycles. The molecule has 2 heterocycles. The number of carbonyl (C=O) groups is 1. The summed E-state index contributed by atoms with van der Waals surface area (Å²) < 4.78 is 46.1. The Kier molecular flexibility index (Phi) is 5.01. The minimum atomic E-state index is -3.95. The van der Waals surface area contributed by atoms with E-state index in [1.54, 1.807) is 12.3 Å². The summed E-state index contributed by atoms with van der Waals surface area (Å²) in [4.78, 5) is 14.3. The van der Waals surface area contributed by atoms with Crippen LogP contribution in [0.2, 0.25) is 0 Å². The van der Waals surface area contributed by atoms with Gasteiger partial charge in [-0.15, -0.1) is 0 Å². The molecule has 7 nitrogen and oxygen atoms in total. The van der Waals surface area contributed by atoms with Crippen molar-refractivity contribution in [1.82, 2.24) is 9.29 Å². The minimum absolute atomic E-state index is 0.0891. The van der Waals surface area contributed by atoms with E-state index in [1.165, 1.54) is 17.5 Å². The van der Waals surface area contributed by atoms with E-state index in [0.29, 0.717) is 30.6 Å². The number of hydrogen-bond acceptors (Lipinski definition) is 4. The van der Waals surface area contributed by atoms with Gasteiger partial charge in [-0.25, -0.2) is 12.8 Å². The Morgan fingerprint density at radius 2 is 2.15 bits per heavy atom. The van der Waals surface area contributed by atoms with Crippen molar-refractivity contribution in [1.29, 1.82) is 0 Å². The topological polar surface area (TPSA) is 105 Å². The van der Waals surface area contributed by atoms with Crippen LogP contribution in [0.1, 0.15) is 34.8 Å². The first-order valence-corrected chi connectivity index (χ1v) is 9.59. The molecule has 3 rings (SSSR count). The number of nitrogens with one attached hydrogen (secondary N) is 1. The highest BCUT2D eigenvalue weighted by atomic mass is 32.2. The van der Waals surface area contributed by atoms with Crippen molar-refractivity contribution in [3.63, 3.8) is 0 Å². The quantitative estimate of drug-likeness (QED) is 0.824. The molecule has 1 amide bonds. The molecule has 140 valence electrons. The average molecular weight is 381 g/mol. The van der Waals surface area contributed by atoms with Crippen LogP contribution in [-0.2, 0) is 10.0 Å². The van der Waals surface area contributed by atoms with Crippen LogP contribution >= 0.6 is 0 Å². The third-order valence-electron chi connectivity index (χ3n) is 4.58. The molecule has 0 spiro atoms. The lowest BCUT2D eigenvalue weighted by atomic mass is 9.93. The van der Waals surface area contributed by atoms with Gasteiger partial charge in [-0.05, 0) is 37.1 Å². The molecule has 2 aromatic rings. The van der Waals surface area contributed by atoms with E-state index in [0.717, 1.165) is 12.1 Å². The summed E-state index contributed by atoms with van der Waals surface area (Å²) in [7, 11) is -2.61. The van der Waals surface area contributed by atoms with Crippen LogP contribution in [0, 0.1) is 5.82 Å². The number of benzene rings is 1. The number of ether oxygens (including phenoxy) is 1. The SMILES string of the molecule is COc1ccc(F)cc1S(=O)(=O)N1CCCC(c2[nH]ccc2C(N)=O)C1. The maximum atomic E-state index is 13.6. The van der Waals surface area contributed by atoms with Crippen LogP contribution in [0.3, 0.4) is 0 Å². The van der Waals surface area contributed by atoms with Crippen molar-refractivity contribution >= 4 is 15.9 Å². The van der Waals surface area contributed by atoms with E-state index < -0.39 is 21.7 Å². The fourth-order valence-corrected chi connectivity index (χ4v) is 5.01. The van der Waals surface area contributed by atoms with Crippen LogP contribution in [0.4, 0.5) is 4.39 Å². The number of primary amides is 1. The number of aromatic amines is 1. The Labute approximate surface area is 151 Å². The fraction of sp³-hybridized carbons (Fsp3) is 0.353. The van der Waals surface area contributed by atoms with Gasteiger partial charge in [0.1, 0.15) is 16.5 Å². The summed E-state index contributed by atoms with van der Waals surface area (Å²) >= 11 is 0. The van der Waals surface area contributed by atoms with E-state index >= 15 is 0 Å². The van der Waals surface area contributed by atoms with E-state index in [4.69, 9.17) is 10.5 Å². The number of aromatic nitrogens is 1. The second-order valence-electron chi connectivity index (χ2n) is 6.17. The number of piperidine rings is 1. The average Bonchev–Trinajstić information content (AvgIpc) is 3.12. The standard InChI is InChI=1S/C17H20FN3O4S/c1-25-14-5-4-12(18)9-15(14)26(23,24)21-8-2-3-11(10-21)16-13(17(19)22)6-7-20-16/h4-7,9,11,20H,2-3,8,10H2,1H3,(H2,19,22). The van der Waals surface area contributed by atoms with Gasteiger partial charge < -0.3 is 15.5 Å². The molecule has 0 radical (unpaired) electrons. The number of H-pyrrole nitrogens is 1. The zero-order valence-electron chi connectivity index (χ0n) is 14.2. The monoisotopic (exact) mass is 381 g/mol. The Morgan fingerprint density at radius 3 is 2.85 bits per heavy atom. The van der Waals surface area contributed by atoms with Crippen molar-refractivity contribution in [2.45, 2.75) is 23.7 Å². The summed E-state index contributed by atoms with van der Waals surface area (Å²) in [6, 6.07) is 4.98. The number of rotatable bonds is 5. The second-order valence-corrected chi connectivity index (χ2v) is 8.07. The highest BCUT2D eigenvalue weighted by Gasteiger charge is 2.34. The van der Waals surface area contributed by atoms with Crippen molar-refractivity contribution in [2.24, 2.45) is 5.73 Å². The van der Waals surface area contributed by atoms with E-state index in [1.807, 2.05) is 0 Å². The molecule has 9 heteroatoms. The molecule has 1 aliphatic heterocycles. The summed E-state index contributed by atoms with van der Waals surface area (Å²) in [6.07, 6.45) is 2.93. The molecule has 1 aromatic heterocycles. The number of amides is 1. The lowest BCUT2D eigenvalue weighted by Gasteiger charge is -2.32. The number of methoxy groups -OCH3 is 1. The molecule has 1 aliphatic rings. The smallest absolute Gasteiger partial charge is 0.250 e. The van der Waals surface area contributed by atoms with Crippen LogP contribution in [0.5, 0.6) is 5.75 Å². The zero-order valence-corrected chi connectivity index (χ0v) is 15.1. The molecule has 1 fully saturated rings. The predicted octanol–water partition coefficient (Wildman–Crippen LogP) is 1.83. The zero-order chi connectivity index (χ0) is 18.9. The van der Waals surface area contributed by atoms with Crippen LogP contribution in [-0.4, -0.2) is 43.8 Å². The minimum Gasteiger partial charge on any atom is -0.495 e. The number of sulfonamides is 1. The largest absolute Gasteiger partial charge is 0.495 e. The molecular formula is C17H20FN3O4S. The number of halogens is 1. The lowest BCUT2D eigenvalue weighted by Crippen LogP contribution is -2.39. The van der Waals surface area contributed by atoms with Crippen molar-refractivity contribution in [2.75, 3.05) is 20.2 Å². The van der Waals surface area contributed by atoms with Crippen LogP contribution in [0.25, 0.3) is 0 Å². The van der Waals surface area contributed by atoms with Gasteiger partial charge >= 0.3 is 0 Å².